The molecule has 1 atom stereocenters. The van der Waals surface area contributed by atoms with Crippen molar-refractivity contribution in [2.45, 2.75) is 25.3 Å². The molecular weight excluding hydrogens is 218 g/mol. The fraction of sp³-hybridized carbons (Fsp3) is 0.417. The molecule has 17 heavy (non-hydrogen) atoms. The first-order valence-corrected chi connectivity index (χ1v) is 5.66. The van der Waals surface area contributed by atoms with Crippen molar-refractivity contribution in [2.75, 3.05) is 12.3 Å². The van der Waals surface area contributed by atoms with E-state index in [0.717, 1.165) is 12.8 Å². The smallest absolute Gasteiger partial charge is 0.328 e. The summed E-state index contributed by atoms with van der Waals surface area (Å²) in [4.78, 5) is 11.6. The maximum absolute atomic E-state index is 11.6. The summed E-state index contributed by atoms with van der Waals surface area (Å²) in [5, 5.41) is 0. The van der Waals surface area contributed by atoms with Crippen molar-refractivity contribution in [1.29, 1.82) is 0 Å². The molecule has 6 N–H and O–H groups in total. The van der Waals surface area contributed by atoms with Gasteiger partial charge in [-0.25, -0.2) is 4.79 Å². The lowest BCUT2D eigenvalue weighted by atomic mass is 10.1. The third-order valence-corrected chi connectivity index (χ3v) is 2.37. The van der Waals surface area contributed by atoms with Crippen LogP contribution in [0.5, 0.6) is 5.75 Å². The zero-order valence-corrected chi connectivity index (χ0v) is 9.76. The summed E-state index contributed by atoms with van der Waals surface area (Å²) in [6.45, 7) is 0.611. The quantitative estimate of drug-likeness (QED) is 0.291. The zero-order valence-electron chi connectivity index (χ0n) is 9.76. The predicted molar refractivity (Wildman–Crippen MR) is 67.4 cm³/mol. The van der Waals surface area contributed by atoms with E-state index in [1.807, 2.05) is 0 Å². The molecule has 0 saturated carbocycles. The molecule has 1 aromatic carbocycles. The van der Waals surface area contributed by atoms with Crippen LogP contribution in [-0.2, 0) is 4.79 Å². The number of hydrogen-bond acceptors (Lipinski definition) is 5. The van der Waals surface area contributed by atoms with Crippen LogP contribution in [0, 0.1) is 0 Å². The Morgan fingerprint density at radius 2 is 1.88 bits per heavy atom. The van der Waals surface area contributed by atoms with Gasteiger partial charge in [0.05, 0.1) is 0 Å². The molecule has 5 nitrogen and oxygen atoms in total. The molecule has 94 valence electrons. The minimum absolute atomic E-state index is 0.424. The highest BCUT2D eigenvalue weighted by Gasteiger charge is 2.15. The van der Waals surface area contributed by atoms with Crippen molar-refractivity contribution in [3.63, 3.8) is 0 Å². The van der Waals surface area contributed by atoms with Crippen LogP contribution in [-0.4, -0.2) is 18.6 Å². The average molecular weight is 237 g/mol. The number of unbranched alkanes of at least 4 members (excludes halogenated alkanes) is 1. The highest BCUT2D eigenvalue weighted by atomic mass is 16.5. The number of carbonyl (C=O) groups is 1. The van der Waals surface area contributed by atoms with Crippen LogP contribution in [0.1, 0.15) is 19.3 Å². The molecule has 0 amide bonds. The van der Waals surface area contributed by atoms with Gasteiger partial charge in [0, 0.05) is 5.69 Å². The van der Waals surface area contributed by atoms with E-state index in [1.54, 1.807) is 24.3 Å². The highest BCUT2D eigenvalue weighted by Crippen LogP contribution is 2.14. The van der Waals surface area contributed by atoms with Gasteiger partial charge in [-0.3, -0.25) is 0 Å². The summed E-state index contributed by atoms with van der Waals surface area (Å²) in [5.41, 5.74) is 17.2. The van der Waals surface area contributed by atoms with Crippen molar-refractivity contribution >= 4 is 11.7 Å². The third kappa shape index (κ3) is 4.84. The zero-order chi connectivity index (χ0) is 12.7. The molecule has 5 heteroatoms. The second-order valence-corrected chi connectivity index (χ2v) is 3.88. The summed E-state index contributed by atoms with van der Waals surface area (Å²) < 4.78 is 5.11. The second-order valence-electron chi connectivity index (χ2n) is 3.88. The number of anilines is 1. The Balaban J connectivity index is 2.40. The van der Waals surface area contributed by atoms with Crippen LogP contribution < -0.4 is 21.9 Å². The summed E-state index contributed by atoms with van der Waals surface area (Å²) in [6, 6.07) is 6.02. The summed E-state index contributed by atoms with van der Waals surface area (Å²) >= 11 is 0. The van der Waals surface area contributed by atoms with Crippen LogP contribution in [0.3, 0.4) is 0 Å². The second kappa shape index (κ2) is 6.88. The Morgan fingerprint density at radius 3 is 2.47 bits per heavy atom. The number of benzene rings is 1. The first-order valence-electron chi connectivity index (χ1n) is 5.66. The van der Waals surface area contributed by atoms with E-state index < -0.39 is 12.0 Å². The van der Waals surface area contributed by atoms with Gasteiger partial charge < -0.3 is 21.9 Å². The number of hydrogen-bond donors (Lipinski definition) is 3. The van der Waals surface area contributed by atoms with E-state index in [1.165, 1.54) is 0 Å². The van der Waals surface area contributed by atoms with Crippen LogP contribution in [0.2, 0.25) is 0 Å². The molecule has 1 aromatic rings. The molecule has 0 aliphatic carbocycles. The van der Waals surface area contributed by atoms with Gasteiger partial charge in [0.25, 0.3) is 0 Å². The molecule has 0 radical (unpaired) electrons. The molecule has 0 unspecified atom stereocenters. The number of nitrogens with two attached hydrogens (primary N) is 3. The average Bonchev–Trinajstić information content (AvgIpc) is 2.32. The maximum Gasteiger partial charge on any atom is 0.328 e. The van der Waals surface area contributed by atoms with E-state index >= 15 is 0 Å². The highest BCUT2D eigenvalue weighted by molar-refractivity contribution is 5.78. The van der Waals surface area contributed by atoms with E-state index in [9.17, 15) is 4.79 Å². The lowest BCUT2D eigenvalue weighted by Crippen LogP contribution is -2.34. The number of carbonyl (C=O) groups excluding carboxylic acids is 1. The maximum atomic E-state index is 11.6. The fourth-order valence-electron chi connectivity index (χ4n) is 1.35. The molecule has 0 spiro atoms. The number of ether oxygens (including phenoxy) is 1. The third-order valence-electron chi connectivity index (χ3n) is 2.37. The molecule has 0 bridgehead atoms. The van der Waals surface area contributed by atoms with Crippen LogP contribution in [0.15, 0.2) is 24.3 Å². The van der Waals surface area contributed by atoms with Crippen molar-refractivity contribution in [3.05, 3.63) is 24.3 Å². The number of rotatable bonds is 6. The van der Waals surface area contributed by atoms with Crippen LogP contribution in [0.4, 0.5) is 5.69 Å². The molecule has 0 saturated heterocycles. The Hall–Kier alpha value is -1.59. The van der Waals surface area contributed by atoms with Gasteiger partial charge in [-0.1, -0.05) is 6.42 Å². The number of nitrogen functional groups attached to an aromatic ring is 1. The van der Waals surface area contributed by atoms with E-state index in [2.05, 4.69) is 0 Å². The van der Waals surface area contributed by atoms with Gasteiger partial charge in [0.15, 0.2) is 0 Å². The number of esters is 1. The largest absolute Gasteiger partial charge is 0.425 e. The predicted octanol–water partition coefficient (Wildman–Crippen LogP) is 0.631. The standard InChI is InChI=1S/C12H19N3O2/c13-8-2-1-3-11(15)12(16)17-10-6-4-9(14)5-7-10/h4-7,11H,1-3,8,13-15H2/t11-/m0/s1. The molecule has 1 rings (SSSR count). The monoisotopic (exact) mass is 237 g/mol. The summed E-state index contributed by atoms with van der Waals surface area (Å²) in [5.74, 6) is 0.0327. The van der Waals surface area contributed by atoms with Gasteiger partial charge >= 0.3 is 5.97 Å². The van der Waals surface area contributed by atoms with E-state index in [-0.39, 0.29) is 0 Å². The first-order chi connectivity index (χ1) is 8.13. The fourth-order valence-corrected chi connectivity index (χ4v) is 1.35. The van der Waals surface area contributed by atoms with Gasteiger partial charge in [-0.05, 0) is 43.7 Å². The SMILES string of the molecule is NCCCC[C@H](N)C(=O)Oc1ccc(N)cc1. The van der Waals surface area contributed by atoms with Crippen molar-refractivity contribution in [3.8, 4) is 5.75 Å². The first kappa shape index (κ1) is 13.5. The minimum atomic E-state index is -0.598. The minimum Gasteiger partial charge on any atom is -0.425 e. The summed E-state index contributed by atoms with van der Waals surface area (Å²) in [6.07, 6.45) is 2.28. The Bertz CT molecular complexity index is 351. The Labute approximate surface area is 101 Å². The van der Waals surface area contributed by atoms with Crippen molar-refractivity contribution < 1.29 is 9.53 Å². The Kier molecular flexibility index (Phi) is 5.45. The van der Waals surface area contributed by atoms with Crippen LogP contribution >= 0.6 is 0 Å². The lowest BCUT2D eigenvalue weighted by molar-refractivity contribution is -0.136. The normalized spacial score (nSPS) is 12.1. The molecule has 0 aliphatic heterocycles. The molecule has 0 fully saturated rings. The lowest BCUT2D eigenvalue weighted by Gasteiger charge is -2.10. The molecular formula is C12H19N3O2. The Morgan fingerprint density at radius 1 is 1.24 bits per heavy atom. The van der Waals surface area contributed by atoms with Gasteiger partial charge in [0.1, 0.15) is 11.8 Å². The molecule has 0 aromatic heterocycles. The van der Waals surface area contributed by atoms with E-state index in [0.29, 0.717) is 24.4 Å². The van der Waals surface area contributed by atoms with Gasteiger partial charge in [0.2, 0.25) is 0 Å². The van der Waals surface area contributed by atoms with E-state index in [4.69, 9.17) is 21.9 Å². The van der Waals surface area contributed by atoms with Crippen molar-refractivity contribution in [2.24, 2.45) is 11.5 Å². The van der Waals surface area contributed by atoms with Gasteiger partial charge in [-0.15, -0.1) is 0 Å². The van der Waals surface area contributed by atoms with Crippen LogP contribution in [0.25, 0.3) is 0 Å². The van der Waals surface area contributed by atoms with Crippen molar-refractivity contribution in [1.82, 2.24) is 0 Å². The topological polar surface area (TPSA) is 104 Å². The molecule has 0 heterocycles. The summed E-state index contributed by atoms with van der Waals surface area (Å²) in [7, 11) is 0. The van der Waals surface area contributed by atoms with Gasteiger partial charge in [-0.2, -0.15) is 0 Å². The molecule has 0 aliphatic rings.